The van der Waals surface area contributed by atoms with Crippen LogP contribution in [-0.2, 0) is 6.54 Å². The average Bonchev–Trinajstić information content (AvgIpc) is 3.06. The highest BCUT2D eigenvalue weighted by atomic mass is 16.3. The lowest BCUT2D eigenvalue weighted by Gasteiger charge is -2.44. The molecule has 1 aromatic rings. The molecular weight excluding hydrogens is 272 g/mol. The third kappa shape index (κ3) is 3.89. The van der Waals surface area contributed by atoms with Gasteiger partial charge < -0.3 is 5.11 Å². The molecule has 1 saturated carbocycles. The number of rotatable bonds is 5. The Labute approximate surface area is 134 Å². The number of hydrogen-bond donors (Lipinski definition) is 1. The molecule has 3 nitrogen and oxygen atoms in total. The summed E-state index contributed by atoms with van der Waals surface area (Å²) in [5, 5.41) is 9.45. The Morgan fingerprint density at radius 1 is 1.09 bits per heavy atom. The number of aryl methyl sites for hydroxylation is 1. The number of aliphatic hydroxyl groups is 1. The van der Waals surface area contributed by atoms with Crippen molar-refractivity contribution in [2.24, 2.45) is 0 Å². The molecule has 22 heavy (non-hydrogen) atoms. The zero-order chi connectivity index (χ0) is 15.4. The van der Waals surface area contributed by atoms with E-state index in [0.29, 0.717) is 12.6 Å². The Hall–Kier alpha value is -0.900. The molecular formula is C19H30N2O. The van der Waals surface area contributed by atoms with Crippen molar-refractivity contribution in [3.8, 4) is 0 Å². The van der Waals surface area contributed by atoms with Crippen LogP contribution in [0, 0.1) is 6.92 Å². The van der Waals surface area contributed by atoms with Gasteiger partial charge in [-0.25, -0.2) is 0 Å². The Balaban J connectivity index is 1.62. The predicted molar refractivity (Wildman–Crippen MR) is 90.9 cm³/mol. The number of aliphatic hydroxyl groups excluding tert-OH is 1. The molecule has 1 N–H and O–H groups in total. The maximum Gasteiger partial charge on any atom is 0.0446 e. The van der Waals surface area contributed by atoms with E-state index in [0.717, 1.165) is 32.1 Å². The summed E-state index contributed by atoms with van der Waals surface area (Å²) in [5.41, 5.74) is 2.71. The second kappa shape index (κ2) is 7.58. The van der Waals surface area contributed by atoms with Gasteiger partial charge >= 0.3 is 0 Å². The first kappa shape index (κ1) is 16.0. The van der Waals surface area contributed by atoms with E-state index < -0.39 is 0 Å². The summed E-state index contributed by atoms with van der Waals surface area (Å²) in [4.78, 5) is 5.27. The zero-order valence-corrected chi connectivity index (χ0v) is 13.9. The fourth-order valence-corrected chi connectivity index (χ4v) is 4.08. The summed E-state index contributed by atoms with van der Waals surface area (Å²) in [5.74, 6) is 0. The van der Waals surface area contributed by atoms with Crippen molar-refractivity contribution in [2.45, 2.75) is 57.7 Å². The molecule has 0 aromatic heterocycles. The van der Waals surface area contributed by atoms with Gasteiger partial charge in [-0.2, -0.15) is 0 Å². The van der Waals surface area contributed by atoms with Crippen molar-refractivity contribution in [1.82, 2.24) is 9.80 Å². The molecule has 0 bridgehead atoms. The van der Waals surface area contributed by atoms with Crippen molar-refractivity contribution in [3.63, 3.8) is 0 Å². The van der Waals surface area contributed by atoms with Crippen molar-refractivity contribution in [1.29, 1.82) is 0 Å². The third-order valence-electron chi connectivity index (χ3n) is 5.45. The van der Waals surface area contributed by atoms with Gasteiger partial charge in [0.2, 0.25) is 0 Å². The largest absolute Gasteiger partial charge is 0.396 e. The summed E-state index contributed by atoms with van der Waals surface area (Å²) in [6.45, 7) is 6.92. The normalized spacial score (nSPS) is 24.9. The molecule has 1 heterocycles. The van der Waals surface area contributed by atoms with Crippen LogP contribution in [0.5, 0.6) is 0 Å². The van der Waals surface area contributed by atoms with E-state index in [-0.39, 0.29) is 0 Å². The highest BCUT2D eigenvalue weighted by Gasteiger charge is 2.31. The number of nitrogens with zero attached hydrogens (tertiary/aromatic N) is 2. The van der Waals surface area contributed by atoms with E-state index in [1.165, 1.54) is 43.4 Å². The molecule has 2 aliphatic rings. The summed E-state index contributed by atoms with van der Waals surface area (Å²) in [6.07, 6.45) is 6.46. The smallest absolute Gasteiger partial charge is 0.0446 e. The molecule has 1 saturated heterocycles. The molecule has 0 amide bonds. The Morgan fingerprint density at radius 3 is 2.50 bits per heavy atom. The fourth-order valence-electron chi connectivity index (χ4n) is 4.08. The van der Waals surface area contributed by atoms with Gasteiger partial charge in [0.05, 0.1) is 0 Å². The lowest BCUT2D eigenvalue weighted by Crippen LogP contribution is -2.55. The minimum atomic E-state index is 0.299. The lowest BCUT2D eigenvalue weighted by atomic mass is 10.0. The number of benzene rings is 1. The van der Waals surface area contributed by atoms with Gasteiger partial charge in [0.15, 0.2) is 0 Å². The molecule has 1 aromatic carbocycles. The topological polar surface area (TPSA) is 26.7 Å². The van der Waals surface area contributed by atoms with E-state index >= 15 is 0 Å². The molecule has 3 heteroatoms. The van der Waals surface area contributed by atoms with Gasteiger partial charge in [0.25, 0.3) is 0 Å². The van der Waals surface area contributed by atoms with Crippen LogP contribution in [0.2, 0.25) is 0 Å². The first-order valence-corrected chi connectivity index (χ1v) is 8.91. The fraction of sp³-hybridized carbons (Fsp3) is 0.684. The summed E-state index contributed by atoms with van der Waals surface area (Å²) >= 11 is 0. The SMILES string of the molecule is Cc1ccc(CN2CCN(C3CCCC3)C[C@H]2CCO)cc1. The van der Waals surface area contributed by atoms with Crippen LogP contribution < -0.4 is 0 Å². The zero-order valence-electron chi connectivity index (χ0n) is 13.9. The van der Waals surface area contributed by atoms with Crippen molar-refractivity contribution < 1.29 is 5.11 Å². The van der Waals surface area contributed by atoms with Crippen LogP contribution in [0.15, 0.2) is 24.3 Å². The standard InChI is InChI=1S/C19H30N2O/c1-16-6-8-17(9-7-16)14-20-11-12-21(15-19(20)10-13-22)18-4-2-3-5-18/h6-9,18-19,22H,2-5,10-15H2,1H3/t19-/m1/s1. The van der Waals surface area contributed by atoms with E-state index in [1.54, 1.807) is 0 Å². The first-order valence-electron chi connectivity index (χ1n) is 8.91. The lowest BCUT2D eigenvalue weighted by molar-refractivity contribution is 0.0327. The van der Waals surface area contributed by atoms with Crippen LogP contribution in [0.1, 0.15) is 43.2 Å². The van der Waals surface area contributed by atoms with Crippen LogP contribution in [0.4, 0.5) is 0 Å². The van der Waals surface area contributed by atoms with Crippen molar-refractivity contribution in [2.75, 3.05) is 26.2 Å². The van der Waals surface area contributed by atoms with Gasteiger partial charge in [-0.05, 0) is 31.7 Å². The molecule has 122 valence electrons. The molecule has 1 aliphatic heterocycles. The minimum absolute atomic E-state index is 0.299. The number of piperazine rings is 1. The quantitative estimate of drug-likeness (QED) is 0.906. The summed E-state index contributed by atoms with van der Waals surface area (Å²) in [6, 6.07) is 10.2. The van der Waals surface area contributed by atoms with E-state index in [2.05, 4.69) is 41.0 Å². The molecule has 0 spiro atoms. The van der Waals surface area contributed by atoms with E-state index in [1.807, 2.05) is 0 Å². The summed E-state index contributed by atoms with van der Waals surface area (Å²) < 4.78 is 0. The van der Waals surface area contributed by atoms with Gasteiger partial charge in [0, 0.05) is 44.9 Å². The highest BCUT2D eigenvalue weighted by molar-refractivity contribution is 5.21. The second-order valence-electron chi connectivity index (χ2n) is 7.06. The summed E-state index contributed by atoms with van der Waals surface area (Å²) in [7, 11) is 0. The van der Waals surface area contributed by atoms with Gasteiger partial charge in [-0.3, -0.25) is 9.80 Å². The predicted octanol–water partition coefficient (Wildman–Crippen LogP) is 2.81. The molecule has 1 atom stereocenters. The third-order valence-corrected chi connectivity index (χ3v) is 5.45. The maximum atomic E-state index is 9.45. The maximum absolute atomic E-state index is 9.45. The van der Waals surface area contributed by atoms with Crippen LogP contribution in [-0.4, -0.2) is 53.2 Å². The minimum Gasteiger partial charge on any atom is -0.396 e. The van der Waals surface area contributed by atoms with Gasteiger partial charge in [0.1, 0.15) is 0 Å². The molecule has 1 aliphatic carbocycles. The van der Waals surface area contributed by atoms with Crippen LogP contribution >= 0.6 is 0 Å². The van der Waals surface area contributed by atoms with Crippen molar-refractivity contribution >= 4 is 0 Å². The van der Waals surface area contributed by atoms with Gasteiger partial charge in [-0.1, -0.05) is 42.7 Å². The Bertz CT molecular complexity index is 453. The van der Waals surface area contributed by atoms with Gasteiger partial charge in [-0.15, -0.1) is 0 Å². The molecule has 0 unspecified atom stereocenters. The van der Waals surface area contributed by atoms with E-state index in [9.17, 15) is 5.11 Å². The first-order chi connectivity index (χ1) is 10.8. The van der Waals surface area contributed by atoms with Crippen LogP contribution in [0.3, 0.4) is 0 Å². The van der Waals surface area contributed by atoms with Crippen molar-refractivity contribution in [3.05, 3.63) is 35.4 Å². The van der Waals surface area contributed by atoms with E-state index in [4.69, 9.17) is 0 Å². The molecule has 2 fully saturated rings. The Kier molecular flexibility index (Phi) is 5.51. The average molecular weight is 302 g/mol. The second-order valence-corrected chi connectivity index (χ2v) is 7.06. The Morgan fingerprint density at radius 2 is 1.82 bits per heavy atom. The monoisotopic (exact) mass is 302 g/mol. The molecule has 0 radical (unpaired) electrons. The molecule has 3 rings (SSSR count). The number of hydrogen-bond acceptors (Lipinski definition) is 3. The highest BCUT2D eigenvalue weighted by Crippen LogP contribution is 2.27. The van der Waals surface area contributed by atoms with Crippen LogP contribution in [0.25, 0.3) is 0 Å².